The largest absolute Gasteiger partial charge is 0.388 e. The highest BCUT2D eigenvalue weighted by atomic mass is 14.9. The summed E-state index contributed by atoms with van der Waals surface area (Å²) >= 11 is 0. The molecular weight excluding hydrogens is 170 g/mol. The molecule has 0 bridgehead atoms. The predicted molar refractivity (Wildman–Crippen MR) is 65.3 cm³/mol. The summed E-state index contributed by atoms with van der Waals surface area (Å²) in [5.41, 5.74) is 3.20. The van der Waals surface area contributed by atoms with Crippen LogP contribution in [0.4, 0.5) is 0 Å². The average Bonchev–Trinajstić information content (AvgIpc) is 2.03. The maximum Gasteiger partial charge on any atom is 0.0167 e. The van der Waals surface area contributed by atoms with E-state index in [1.807, 2.05) is 0 Å². The summed E-state index contributed by atoms with van der Waals surface area (Å²) in [6.45, 7) is 16.8. The summed E-state index contributed by atoms with van der Waals surface area (Å²) in [4.78, 5) is 0. The van der Waals surface area contributed by atoms with Crippen molar-refractivity contribution in [1.82, 2.24) is 5.32 Å². The van der Waals surface area contributed by atoms with Crippen molar-refractivity contribution in [2.24, 2.45) is 11.3 Å². The molecule has 0 saturated heterocycles. The molecule has 14 heavy (non-hydrogen) atoms. The molecule has 0 rings (SSSR count). The van der Waals surface area contributed by atoms with Gasteiger partial charge >= 0.3 is 0 Å². The van der Waals surface area contributed by atoms with E-state index in [2.05, 4.69) is 53.8 Å². The van der Waals surface area contributed by atoms with Crippen molar-refractivity contribution in [2.75, 3.05) is 6.54 Å². The Morgan fingerprint density at radius 3 is 2.00 bits per heavy atom. The van der Waals surface area contributed by atoms with Gasteiger partial charge in [0.25, 0.3) is 0 Å². The second kappa shape index (κ2) is 5.43. The highest BCUT2D eigenvalue weighted by molar-refractivity contribution is 5.16. The van der Waals surface area contributed by atoms with Crippen molar-refractivity contribution in [3.63, 3.8) is 0 Å². The van der Waals surface area contributed by atoms with Crippen molar-refractivity contribution in [1.29, 1.82) is 0 Å². The molecule has 0 aromatic carbocycles. The summed E-state index contributed by atoms with van der Waals surface area (Å²) in [6, 6.07) is 0. The molecule has 0 aromatic heterocycles. The van der Waals surface area contributed by atoms with E-state index in [1.54, 1.807) is 0 Å². The van der Waals surface area contributed by atoms with Gasteiger partial charge in [0.15, 0.2) is 0 Å². The zero-order valence-electron chi connectivity index (χ0n) is 11.0. The predicted octanol–water partition coefficient (Wildman–Crippen LogP) is 3.96. The summed E-state index contributed by atoms with van der Waals surface area (Å²) in [6.07, 6.45) is 1.11. The molecule has 0 radical (unpaired) electrons. The fourth-order valence-corrected chi connectivity index (χ4v) is 1.30. The van der Waals surface area contributed by atoms with Crippen molar-refractivity contribution < 1.29 is 0 Å². The Hall–Kier alpha value is -0.460. The Morgan fingerprint density at radius 1 is 1.21 bits per heavy atom. The number of hydrogen-bond donors (Lipinski definition) is 1. The lowest BCUT2D eigenvalue weighted by atomic mass is 9.85. The fraction of sp³-hybridized carbons (Fsp3) is 0.846. The van der Waals surface area contributed by atoms with E-state index in [0.717, 1.165) is 13.0 Å². The van der Waals surface area contributed by atoms with E-state index in [-0.39, 0.29) is 5.41 Å². The van der Waals surface area contributed by atoms with Crippen LogP contribution in [0.5, 0.6) is 0 Å². The van der Waals surface area contributed by atoms with Gasteiger partial charge in [0.05, 0.1) is 0 Å². The van der Waals surface area contributed by atoms with Crippen LogP contribution in [-0.2, 0) is 0 Å². The van der Waals surface area contributed by atoms with Gasteiger partial charge in [-0.05, 0) is 30.3 Å². The Morgan fingerprint density at radius 2 is 1.71 bits per heavy atom. The number of rotatable bonds is 4. The molecule has 0 atom stereocenters. The number of nitrogens with one attached hydrogen (secondary N) is 1. The molecule has 0 heterocycles. The lowest BCUT2D eigenvalue weighted by molar-refractivity contribution is 0.482. The molecule has 0 aliphatic rings. The maximum absolute atomic E-state index is 3.55. The molecule has 0 amide bonds. The van der Waals surface area contributed by atoms with Crippen LogP contribution in [0.25, 0.3) is 0 Å². The smallest absolute Gasteiger partial charge is 0.0167 e. The van der Waals surface area contributed by atoms with Crippen molar-refractivity contribution in [3.05, 3.63) is 11.3 Å². The highest BCUT2D eigenvalue weighted by Crippen LogP contribution is 2.27. The van der Waals surface area contributed by atoms with Crippen LogP contribution < -0.4 is 5.32 Å². The molecule has 1 heteroatoms. The number of hydrogen-bond acceptors (Lipinski definition) is 1. The Bertz CT molecular complexity index is 194. The first-order valence-corrected chi connectivity index (χ1v) is 5.73. The zero-order chi connectivity index (χ0) is 11.4. The normalized spacial score (nSPS) is 14.3. The topological polar surface area (TPSA) is 12.0 Å². The monoisotopic (exact) mass is 197 g/mol. The van der Waals surface area contributed by atoms with Crippen LogP contribution in [0.1, 0.15) is 54.9 Å². The minimum atomic E-state index is 0.287. The molecule has 0 aliphatic carbocycles. The van der Waals surface area contributed by atoms with Gasteiger partial charge in [-0.1, -0.05) is 41.5 Å². The van der Waals surface area contributed by atoms with Gasteiger partial charge in [-0.25, -0.2) is 0 Å². The Balaban J connectivity index is 4.52. The summed E-state index contributed by atoms with van der Waals surface area (Å²) in [7, 11) is 0. The van der Waals surface area contributed by atoms with Gasteiger partial charge in [0.1, 0.15) is 0 Å². The molecule has 0 aliphatic heterocycles. The standard InChI is InChI=1S/C13H27N/c1-8-12(14-9-10(2)3)11(4)13(5,6)7/h10,14H,8-9H2,1-7H3/b12-11+. The zero-order valence-corrected chi connectivity index (χ0v) is 11.0. The van der Waals surface area contributed by atoms with Gasteiger partial charge in [-0.15, -0.1) is 0 Å². The third-order valence-corrected chi connectivity index (χ3v) is 2.65. The highest BCUT2D eigenvalue weighted by Gasteiger charge is 2.16. The number of allylic oxidation sites excluding steroid dienone is 2. The first kappa shape index (κ1) is 13.5. The SMILES string of the molecule is CC/C(NCC(C)C)=C(/C)C(C)(C)C. The van der Waals surface area contributed by atoms with E-state index in [1.165, 1.54) is 11.3 Å². The Kier molecular flexibility index (Phi) is 5.25. The van der Waals surface area contributed by atoms with Crippen molar-refractivity contribution in [3.8, 4) is 0 Å². The molecule has 1 nitrogen and oxygen atoms in total. The molecule has 0 saturated carbocycles. The molecule has 0 fully saturated rings. The van der Waals surface area contributed by atoms with Crippen molar-refractivity contribution in [2.45, 2.75) is 54.9 Å². The first-order chi connectivity index (χ1) is 6.29. The van der Waals surface area contributed by atoms with Crippen LogP contribution in [0.2, 0.25) is 0 Å². The lowest BCUT2D eigenvalue weighted by Gasteiger charge is -2.25. The maximum atomic E-state index is 3.55. The third-order valence-electron chi connectivity index (χ3n) is 2.65. The third kappa shape index (κ3) is 4.69. The molecule has 0 unspecified atom stereocenters. The lowest BCUT2D eigenvalue weighted by Crippen LogP contribution is -2.23. The van der Waals surface area contributed by atoms with Crippen LogP contribution in [0.3, 0.4) is 0 Å². The average molecular weight is 197 g/mol. The van der Waals surface area contributed by atoms with Crippen LogP contribution in [0, 0.1) is 11.3 Å². The van der Waals surface area contributed by atoms with Crippen LogP contribution in [-0.4, -0.2) is 6.54 Å². The quantitative estimate of drug-likeness (QED) is 0.719. The molecule has 0 aromatic rings. The molecular formula is C13H27N. The Labute approximate surface area is 90.0 Å². The van der Waals surface area contributed by atoms with Crippen LogP contribution >= 0.6 is 0 Å². The second-order valence-electron chi connectivity index (χ2n) is 5.48. The summed E-state index contributed by atoms with van der Waals surface area (Å²) < 4.78 is 0. The van der Waals surface area contributed by atoms with E-state index in [0.29, 0.717) is 5.92 Å². The minimum Gasteiger partial charge on any atom is -0.388 e. The van der Waals surface area contributed by atoms with Gasteiger partial charge in [0, 0.05) is 12.2 Å². The van der Waals surface area contributed by atoms with Crippen LogP contribution in [0.15, 0.2) is 11.3 Å². The van der Waals surface area contributed by atoms with E-state index < -0.39 is 0 Å². The fourth-order valence-electron chi connectivity index (χ4n) is 1.30. The van der Waals surface area contributed by atoms with E-state index in [9.17, 15) is 0 Å². The second-order valence-corrected chi connectivity index (χ2v) is 5.48. The minimum absolute atomic E-state index is 0.287. The molecule has 1 N–H and O–H groups in total. The van der Waals surface area contributed by atoms with Gasteiger partial charge in [-0.2, -0.15) is 0 Å². The summed E-state index contributed by atoms with van der Waals surface area (Å²) in [5, 5.41) is 3.55. The summed E-state index contributed by atoms with van der Waals surface area (Å²) in [5.74, 6) is 0.712. The molecule has 0 spiro atoms. The van der Waals surface area contributed by atoms with E-state index in [4.69, 9.17) is 0 Å². The first-order valence-electron chi connectivity index (χ1n) is 5.73. The molecule has 84 valence electrons. The van der Waals surface area contributed by atoms with Gasteiger partial charge in [-0.3, -0.25) is 0 Å². The van der Waals surface area contributed by atoms with Gasteiger partial charge in [0.2, 0.25) is 0 Å². The van der Waals surface area contributed by atoms with E-state index >= 15 is 0 Å². The van der Waals surface area contributed by atoms with Crippen molar-refractivity contribution >= 4 is 0 Å². The van der Waals surface area contributed by atoms with Gasteiger partial charge < -0.3 is 5.32 Å².